The van der Waals surface area contributed by atoms with Crippen LogP contribution in [-0.4, -0.2) is 6.61 Å². The summed E-state index contributed by atoms with van der Waals surface area (Å²) in [7, 11) is 0. The van der Waals surface area contributed by atoms with Crippen molar-refractivity contribution in [1.82, 2.24) is 0 Å². The molecule has 0 radical (unpaired) electrons. The van der Waals surface area contributed by atoms with Gasteiger partial charge in [-0.2, -0.15) is 0 Å². The number of hydrogen-bond donors (Lipinski definition) is 0. The van der Waals surface area contributed by atoms with E-state index in [0.717, 1.165) is 22.7 Å². The number of hydrogen-bond acceptors (Lipinski definition) is 1. The highest BCUT2D eigenvalue weighted by atomic mass is 79.9. The molecule has 0 unspecified atom stereocenters. The molecule has 0 heterocycles. The van der Waals surface area contributed by atoms with Crippen LogP contribution in [-0.2, 0) is 0 Å². The van der Waals surface area contributed by atoms with Crippen LogP contribution in [0.4, 0.5) is 0 Å². The number of rotatable bonds is 3. The van der Waals surface area contributed by atoms with Crippen LogP contribution in [0.25, 0.3) is 0 Å². The van der Waals surface area contributed by atoms with Gasteiger partial charge >= 0.3 is 0 Å². The highest BCUT2D eigenvalue weighted by molar-refractivity contribution is 9.10. The maximum atomic E-state index is 5.90. The van der Waals surface area contributed by atoms with Gasteiger partial charge in [-0.25, -0.2) is 0 Å². The van der Waals surface area contributed by atoms with E-state index in [1.54, 1.807) is 0 Å². The molecule has 1 aromatic carbocycles. The minimum Gasteiger partial charge on any atom is -0.493 e. The van der Waals surface area contributed by atoms with Gasteiger partial charge in [0, 0.05) is 9.50 Å². The molecule has 1 aliphatic carbocycles. The van der Waals surface area contributed by atoms with Crippen molar-refractivity contribution >= 4 is 27.5 Å². The Bertz CT molecular complexity index is 303. The zero-order chi connectivity index (χ0) is 9.97. The quantitative estimate of drug-likeness (QED) is 0.800. The molecule has 76 valence electrons. The summed E-state index contributed by atoms with van der Waals surface area (Å²) in [5.41, 5.74) is 0. The lowest BCUT2D eigenvalue weighted by atomic mass is 9.86. The van der Waals surface area contributed by atoms with Crippen molar-refractivity contribution in [3.63, 3.8) is 0 Å². The molecule has 0 spiro atoms. The Morgan fingerprint density at radius 3 is 2.71 bits per heavy atom. The first kappa shape index (κ1) is 10.3. The van der Waals surface area contributed by atoms with Crippen LogP contribution in [0, 0.1) is 5.92 Å². The molecule has 2 rings (SSSR count). The predicted octanol–water partition coefficient (Wildman–Crippen LogP) is 4.28. The lowest BCUT2D eigenvalue weighted by Crippen LogP contribution is -2.19. The third-order valence-corrected chi connectivity index (χ3v) is 3.22. The van der Waals surface area contributed by atoms with Crippen molar-refractivity contribution < 1.29 is 4.74 Å². The average Bonchev–Trinajstić information content (AvgIpc) is 1.99. The van der Waals surface area contributed by atoms with E-state index in [0.29, 0.717) is 5.02 Å². The first-order valence-corrected chi connectivity index (χ1v) is 6.00. The molecule has 0 saturated heterocycles. The smallest absolute Gasteiger partial charge is 0.121 e. The molecule has 1 saturated carbocycles. The molecule has 0 bridgehead atoms. The fraction of sp³-hybridized carbons (Fsp3) is 0.455. The number of ether oxygens (including phenoxy) is 1. The second-order valence-electron chi connectivity index (χ2n) is 3.71. The summed E-state index contributed by atoms with van der Waals surface area (Å²) in [5, 5.41) is 0.711. The number of benzene rings is 1. The molecule has 1 aromatic rings. The van der Waals surface area contributed by atoms with Gasteiger partial charge in [0.15, 0.2) is 0 Å². The van der Waals surface area contributed by atoms with Crippen LogP contribution in [0.15, 0.2) is 22.7 Å². The van der Waals surface area contributed by atoms with Crippen molar-refractivity contribution in [1.29, 1.82) is 0 Å². The first-order valence-electron chi connectivity index (χ1n) is 4.83. The van der Waals surface area contributed by atoms with Crippen molar-refractivity contribution in [3.05, 3.63) is 27.7 Å². The highest BCUT2D eigenvalue weighted by Crippen LogP contribution is 2.29. The highest BCUT2D eigenvalue weighted by Gasteiger charge is 2.17. The minimum atomic E-state index is 0.711. The van der Waals surface area contributed by atoms with E-state index in [-0.39, 0.29) is 0 Å². The number of halogens is 2. The van der Waals surface area contributed by atoms with Gasteiger partial charge in [0.25, 0.3) is 0 Å². The summed E-state index contributed by atoms with van der Waals surface area (Å²) >= 11 is 9.29. The molecule has 0 aliphatic heterocycles. The van der Waals surface area contributed by atoms with E-state index >= 15 is 0 Å². The summed E-state index contributed by atoms with van der Waals surface area (Å²) in [6.07, 6.45) is 3.97. The van der Waals surface area contributed by atoms with Crippen molar-refractivity contribution in [3.8, 4) is 5.75 Å². The second kappa shape index (κ2) is 4.54. The zero-order valence-corrected chi connectivity index (χ0v) is 10.1. The van der Waals surface area contributed by atoms with Crippen molar-refractivity contribution in [2.45, 2.75) is 19.3 Å². The molecule has 1 nitrogen and oxygen atoms in total. The van der Waals surface area contributed by atoms with E-state index in [9.17, 15) is 0 Å². The summed E-state index contributed by atoms with van der Waals surface area (Å²) in [6, 6.07) is 5.66. The summed E-state index contributed by atoms with van der Waals surface area (Å²) in [6.45, 7) is 0.826. The molecule has 0 atom stereocenters. The Morgan fingerprint density at radius 2 is 2.14 bits per heavy atom. The summed E-state index contributed by atoms with van der Waals surface area (Å²) < 4.78 is 6.62. The normalized spacial score (nSPS) is 16.4. The van der Waals surface area contributed by atoms with Gasteiger partial charge in [0.2, 0.25) is 0 Å². The van der Waals surface area contributed by atoms with Crippen LogP contribution in [0.3, 0.4) is 0 Å². The van der Waals surface area contributed by atoms with Crippen LogP contribution < -0.4 is 4.74 Å². The molecule has 14 heavy (non-hydrogen) atoms. The van der Waals surface area contributed by atoms with Gasteiger partial charge in [0.05, 0.1) is 6.61 Å². The van der Waals surface area contributed by atoms with E-state index < -0.39 is 0 Å². The van der Waals surface area contributed by atoms with Crippen LogP contribution >= 0.6 is 27.5 Å². The average molecular weight is 276 g/mol. The zero-order valence-electron chi connectivity index (χ0n) is 7.80. The van der Waals surface area contributed by atoms with Gasteiger partial charge in [-0.1, -0.05) is 34.0 Å². The molecular weight excluding hydrogens is 263 g/mol. The maximum absolute atomic E-state index is 5.90. The van der Waals surface area contributed by atoms with Crippen LogP contribution in [0.2, 0.25) is 5.02 Å². The van der Waals surface area contributed by atoms with Gasteiger partial charge in [-0.05, 0) is 37.0 Å². The topological polar surface area (TPSA) is 9.23 Å². The van der Waals surface area contributed by atoms with Crippen LogP contribution in [0.1, 0.15) is 19.3 Å². The Morgan fingerprint density at radius 1 is 1.36 bits per heavy atom. The third-order valence-electron chi connectivity index (χ3n) is 2.55. The van der Waals surface area contributed by atoms with Gasteiger partial charge in [-0.15, -0.1) is 0 Å². The largest absolute Gasteiger partial charge is 0.493 e. The lowest BCUT2D eigenvalue weighted by Gasteiger charge is -2.25. The standard InChI is InChI=1S/C11H12BrClO/c12-9-4-10(13)6-11(5-9)14-7-8-2-1-3-8/h4-6,8H,1-3,7H2. The van der Waals surface area contributed by atoms with Crippen molar-refractivity contribution in [2.24, 2.45) is 5.92 Å². The van der Waals surface area contributed by atoms with E-state index in [1.165, 1.54) is 19.3 Å². The Labute approximate surface area is 97.5 Å². The van der Waals surface area contributed by atoms with E-state index in [4.69, 9.17) is 16.3 Å². The molecule has 0 aromatic heterocycles. The Kier molecular flexibility index (Phi) is 3.34. The van der Waals surface area contributed by atoms with Crippen molar-refractivity contribution in [2.75, 3.05) is 6.61 Å². The molecule has 0 amide bonds. The molecule has 0 N–H and O–H groups in total. The summed E-state index contributed by atoms with van der Waals surface area (Å²) in [4.78, 5) is 0. The monoisotopic (exact) mass is 274 g/mol. The van der Waals surface area contributed by atoms with Gasteiger partial charge in [-0.3, -0.25) is 0 Å². The van der Waals surface area contributed by atoms with E-state index in [2.05, 4.69) is 15.9 Å². The third kappa shape index (κ3) is 2.64. The maximum Gasteiger partial charge on any atom is 0.121 e. The Balaban J connectivity index is 1.94. The van der Waals surface area contributed by atoms with Crippen LogP contribution in [0.5, 0.6) is 5.75 Å². The van der Waals surface area contributed by atoms with Gasteiger partial charge in [0.1, 0.15) is 5.75 Å². The minimum absolute atomic E-state index is 0.711. The van der Waals surface area contributed by atoms with Gasteiger partial charge < -0.3 is 4.74 Å². The molecular formula is C11H12BrClO. The molecule has 3 heteroatoms. The fourth-order valence-electron chi connectivity index (χ4n) is 1.49. The summed E-state index contributed by atoms with van der Waals surface area (Å²) in [5.74, 6) is 1.61. The predicted molar refractivity (Wildman–Crippen MR) is 62.0 cm³/mol. The molecule has 1 aliphatic rings. The van der Waals surface area contributed by atoms with E-state index in [1.807, 2.05) is 18.2 Å². The SMILES string of the molecule is Clc1cc(Br)cc(OCC2CCC2)c1. The molecule has 1 fully saturated rings. The Hall–Kier alpha value is -0.210. The second-order valence-corrected chi connectivity index (χ2v) is 5.07. The lowest BCUT2D eigenvalue weighted by molar-refractivity contribution is 0.180. The first-order chi connectivity index (χ1) is 6.74. The fourth-order valence-corrected chi connectivity index (χ4v) is 2.31.